The van der Waals surface area contributed by atoms with Crippen LogP contribution in [0.5, 0.6) is 5.75 Å². The Morgan fingerprint density at radius 3 is 2.47 bits per heavy atom. The van der Waals surface area contributed by atoms with E-state index in [9.17, 15) is 5.11 Å². The van der Waals surface area contributed by atoms with E-state index in [1.165, 1.54) is 19.2 Å². The Bertz CT molecular complexity index is 331. The molecule has 2 rings (SSSR count). The number of nitrogens with zero attached hydrogens (tertiary/aromatic N) is 3. The van der Waals surface area contributed by atoms with Crippen LogP contribution in [0.4, 0.5) is 0 Å². The molecule has 4 nitrogen and oxygen atoms in total. The van der Waals surface area contributed by atoms with E-state index < -0.39 is 0 Å². The molecule has 1 N–H and O–H groups in total. The van der Waals surface area contributed by atoms with Crippen molar-refractivity contribution in [1.82, 2.24) is 14.8 Å². The second kappa shape index (κ2) is 5.98. The van der Waals surface area contributed by atoms with Crippen LogP contribution < -0.4 is 0 Å². The molecule has 1 aromatic heterocycles. The fourth-order valence-corrected chi connectivity index (χ4v) is 2.23. The number of pyridine rings is 1. The first-order chi connectivity index (χ1) is 8.28. The monoisotopic (exact) mass is 235 g/mol. The highest BCUT2D eigenvalue weighted by molar-refractivity contribution is 5.17. The van der Waals surface area contributed by atoms with Gasteiger partial charge in [0.1, 0.15) is 5.75 Å². The van der Waals surface area contributed by atoms with E-state index in [4.69, 9.17) is 0 Å². The van der Waals surface area contributed by atoms with Crippen LogP contribution in [0.25, 0.3) is 0 Å². The van der Waals surface area contributed by atoms with E-state index in [2.05, 4.69) is 21.7 Å². The van der Waals surface area contributed by atoms with E-state index >= 15 is 0 Å². The summed E-state index contributed by atoms with van der Waals surface area (Å²) in [5.41, 5.74) is 1.03. The quantitative estimate of drug-likeness (QED) is 0.854. The standard InChI is InChI=1S/C13H21N3O/c1-2-5-15-6-8-16(9-7-15)11-12-3-4-13(17)10-14-12/h3-4,10,17H,2,5-9,11H2,1H3. The molecule has 1 aromatic rings. The first-order valence-corrected chi connectivity index (χ1v) is 6.36. The predicted octanol–water partition coefficient (Wildman–Crippen LogP) is 1.31. The van der Waals surface area contributed by atoms with E-state index in [0.29, 0.717) is 0 Å². The molecular formula is C13H21N3O. The van der Waals surface area contributed by atoms with Crippen molar-refractivity contribution in [3.8, 4) is 5.75 Å². The van der Waals surface area contributed by atoms with Crippen molar-refractivity contribution in [2.75, 3.05) is 32.7 Å². The lowest BCUT2D eigenvalue weighted by atomic mass is 10.2. The molecule has 1 saturated heterocycles. The Balaban J connectivity index is 1.79. The highest BCUT2D eigenvalue weighted by Crippen LogP contribution is 2.10. The molecule has 94 valence electrons. The van der Waals surface area contributed by atoms with Gasteiger partial charge in [-0.25, -0.2) is 0 Å². The van der Waals surface area contributed by atoms with Gasteiger partial charge in [0.25, 0.3) is 0 Å². The highest BCUT2D eigenvalue weighted by atomic mass is 16.3. The van der Waals surface area contributed by atoms with Crippen molar-refractivity contribution in [3.63, 3.8) is 0 Å². The van der Waals surface area contributed by atoms with Crippen LogP contribution in [-0.4, -0.2) is 52.6 Å². The molecule has 0 aliphatic carbocycles. The third-order valence-corrected chi connectivity index (χ3v) is 3.20. The molecule has 0 aromatic carbocycles. The minimum Gasteiger partial charge on any atom is -0.506 e. The van der Waals surface area contributed by atoms with E-state index in [-0.39, 0.29) is 5.75 Å². The molecule has 0 bridgehead atoms. The molecule has 1 fully saturated rings. The molecule has 0 radical (unpaired) electrons. The molecule has 0 amide bonds. The van der Waals surface area contributed by atoms with Crippen molar-refractivity contribution < 1.29 is 5.11 Å². The fourth-order valence-electron chi connectivity index (χ4n) is 2.23. The Hall–Kier alpha value is -1.13. The van der Waals surface area contributed by atoms with Gasteiger partial charge in [0.2, 0.25) is 0 Å². The van der Waals surface area contributed by atoms with Gasteiger partial charge in [-0.05, 0) is 25.1 Å². The number of hydrogen-bond acceptors (Lipinski definition) is 4. The Kier molecular flexibility index (Phi) is 4.34. The second-order valence-electron chi connectivity index (χ2n) is 4.63. The van der Waals surface area contributed by atoms with Crippen molar-refractivity contribution in [2.45, 2.75) is 19.9 Å². The molecule has 1 aliphatic rings. The number of rotatable bonds is 4. The summed E-state index contributed by atoms with van der Waals surface area (Å²) in [5.74, 6) is 0.238. The summed E-state index contributed by atoms with van der Waals surface area (Å²) >= 11 is 0. The summed E-state index contributed by atoms with van der Waals surface area (Å²) in [6.07, 6.45) is 2.75. The first kappa shape index (κ1) is 12.3. The van der Waals surface area contributed by atoms with Crippen LogP contribution in [0.15, 0.2) is 18.3 Å². The van der Waals surface area contributed by atoms with Gasteiger partial charge in [0, 0.05) is 32.7 Å². The summed E-state index contributed by atoms with van der Waals surface area (Å²) < 4.78 is 0. The van der Waals surface area contributed by atoms with Gasteiger partial charge >= 0.3 is 0 Å². The molecular weight excluding hydrogens is 214 g/mol. The topological polar surface area (TPSA) is 39.6 Å². The maximum Gasteiger partial charge on any atom is 0.133 e. The zero-order valence-electron chi connectivity index (χ0n) is 10.5. The number of hydrogen-bond donors (Lipinski definition) is 1. The van der Waals surface area contributed by atoms with E-state index in [1.54, 1.807) is 6.07 Å². The Labute approximate surface area is 103 Å². The third kappa shape index (κ3) is 3.68. The SMILES string of the molecule is CCCN1CCN(Cc2ccc(O)cn2)CC1. The zero-order chi connectivity index (χ0) is 12.1. The maximum absolute atomic E-state index is 9.17. The molecule has 0 spiro atoms. The largest absolute Gasteiger partial charge is 0.506 e. The Morgan fingerprint density at radius 2 is 1.88 bits per heavy atom. The number of aromatic nitrogens is 1. The normalized spacial score (nSPS) is 18.4. The average Bonchev–Trinajstić information content (AvgIpc) is 2.35. The van der Waals surface area contributed by atoms with Gasteiger partial charge in [-0.2, -0.15) is 0 Å². The molecule has 17 heavy (non-hydrogen) atoms. The van der Waals surface area contributed by atoms with E-state index in [1.807, 2.05) is 6.07 Å². The van der Waals surface area contributed by atoms with Crippen LogP contribution in [0.1, 0.15) is 19.0 Å². The van der Waals surface area contributed by atoms with Crippen molar-refractivity contribution >= 4 is 0 Å². The minimum absolute atomic E-state index is 0.238. The molecule has 4 heteroatoms. The van der Waals surface area contributed by atoms with Gasteiger partial charge in [-0.15, -0.1) is 0 Å². The average molecular weight is 235 g/mol. The van der Waals surface area contributed by atoms with Gasteiger partial charge in [-0.1, -0.05) is 6.92 Å². The molecule has 2 heterocycles. The van der Waals surface area contributed by atoms with Crippen LogP contribution in [0.2, 0.25) is 0 Å². The van der Waals surface area contributed by atoms with Gasteiger partial charge in [0.05, 0.1) is 11.9 Å². The number of piperazine rings is 1. The summed E-state index contributed by atoms with van der Waals surface area (Å²) in [6.45, 7) is 8.88. The molecule has 1 aliphatic heterocycles. The lowest BCUT2D eigenvalue weighted by Crippen LogP contribution is -2.46. The number of aromatic hydroxyl groups is 1. The lowest BCUT2D eigenvalue weighted by molar-refractivity contribution is 0.126. The highest BCUT2D eigenvalue weighted by Gasteiger charge is 2.16. The fraction of sp³-hybridized carbons (Fsp3) is 0.615. The maximum atomic E-state index is 9.17. The first-order valence-electron chi connectivity index (χ1n) is 6.36. The smallest absolute Gasteiger partial charge is 0.133 e. The molecule has 0 unspecified atom stereocenters. The van der Waals surface area contributed by atoms with Crippen LogP contribution in [0.3, 0.4) is 0 Å². The van der Waals surface area contributed by atoms with Crippen LogP contribution >= 0.6 is 0 Å². The summed E-state index contributed by atoms with van der Waals surface area (Å²) in [7, 11) is 0. The minimum atomic E-state index is 0.238. The Morgan fingerprint density at radius 1 is 1.18 bits per heavy atom. The van der Waals surface area contributed by atoms with Gasteiger partial charge in [-0.3, -0.25) is 9.88 Å². The van der Waals surface area contributed by atoms with Gasteiger partial charge in [0.15, 0.2) is 0 Å². The zero-order valence-corrected chi connectivity index (χ0v) is 10.5. The van der Waals surface area contributed by atoms with Crippen LogP contribution in [0, 0.1) is 0 Å². The van der Waals surface area contributed by atoms with Crippen molar-refractivity contribution in [3.05, 3.63) is 24.0 Å². The van der Waals surface area contributed by atoms with Crippen molar-refractivity contribution in [1.29, 1.82) is 0 Å². The second-order valence-corrected chi connectivity index (χ2v) is 4.63. The van der Waals surface area contributed by atoms with E-state index in [0.717, 1.165) is 38.4 Å². The summed E-state index contributed by atoms with van der Waals surface area (Å²) in [5, 5.41) is 9.17. The third-order valence-electron chi connectivity index (χ3n) is 3.20. The predicted molar refractivity (Wildman–Crippen MR) is 67.9 cm³/mol. The molecule has 0 saturated carbocycles. The summed E-state index contributed by atoms with van der Waals surface area (Å²) in [6, 6.07) is 3.60. The van der Waals surface area contributed by atoms with Gasteiger partial charge < -0.3 is 10.0 Å². The van der Waals surface area contributed by atoms with Crippen LogP contribution in [-0.2, 0) is 6.54 Å². The summed E-state index contributed by atoms with van der Waals surface area (Å²) in [4.78, 5) is 9.16. The lowest BCUT2D eigenvalue weighted by Gasteiger charge is -2.34. The van der Waals surface area contributed by atoms with Crippen molar-refractivity contribution in [2.24, 2.45) is 0 Å². The molecule has 0 atom stereocenters.